The number of carbonyl (C=O) groups is 2. The fourth-order valence-electron chi connectivity index (χ4n) is 3.31. The highest BCUT2D eigenvalue weighted by Gasteiger charge is 2.32. The lowest BCUT2D eigenvalue weighted by Gasteiger charge is -2.06. The van der Waals surface area contributed by atoms with E-state index in [9.17, 15) is 14.7 Å². The van der Waals surface area contributed by atoms with Gasteiger partial charge in [0, 0.05) is 28.3 Å². The molecule has 2 aliphatic rings. The van der Waals surface area contributed by atoms with Crippen LogP contribution in [0.1, 0.15) is 39.9 Å². The zero-order valence-electron chi connectivity index (χ0n) is 14.2. The number of aryl methyl sites for hydroxylation is 1. The molecule has 1 amide bonds. The first kappa shape index (κ1) is 15.7. The molecule has 0 spiro atoms. The first-order valence-electron chi connectivity index (χ1n) is 8.46. The smallest absolute Gasteiger partial charge is 0.256 e. The van der Waals surface area contributed by atoms with Gasteiger partial charge in [-0.1, -0.05) is 6.07 Å². The average Bonchev–Trinajstić information content (AvgIpc) is 3.38. The second-order valence-corrected chi connectivity index (χ2v) is 6.91. The third-order valence-corrected chi connectivity index (χ3v) is 4.86. The topological polar surface area (TPSA) is 66.4 Å². The van der Waals surface area contributed by atoms with Crippen molar-refractivity contribution in [1.29, 1.82) is 0 Å². The summed E-state index contributed by atoms with van der Waals surface area (Å²) in [5, 5.41) is 12.8. The monoisotopic (exact) mass is 331 g/mol. The van der Waals surface area contributed by atoms with Crippen molar-refractivity contribution in [3.8, 4) is 5.75 Å². The SMILES string of the molecule is Bc1cc(/C=C2\C(=O)Nc3ccc(C(=O)C4CC4)cc32)cc(C)c1O. The largest absolute Gasteiger partial charge is 0.508 e. The number of carbonyl (C=O) groups excluding carboxylic acids is 2. The summed E-state index contributed by atoms with van der Waals surface area (Å²) < 4.78 is 0. The van der Waals surface area contributed by atoms with Crippen molar-refractivity contribution in [3.63, 3.8) is 0 Å². The molecular weight excluding hydrogens is 313 g/mol. The van der Waals surface area contributed by atoms with Crippen LogP contribution in [0.25, 0.3) is 11.6 Å². The Morgan fingerprint density at radius 1 is 1.28 bits per heavy atom. The van der Waals surface area contributed by atoms with Gasteiger partial charge in [-0.05, 0) is 66.7 Å². The van der Waals surface area contributed by atoms with Gasteiger partial charge >= 0.3 is 0 Å². The lowest BCUT2D eigenvalue weighted by molar-refractivity contribution is -0.110. The molecule has 0 radical (unpaired) electrons. The van der Waals surface area contributed by atoms with E-state index in [1.807, 2.05) is 39.0 Å². The van der Waals surface area contributed by atoms with E-state index in [0.717, 1.165) is 40.7 Å². The second-order valence-electron chi connectivity index (χ2n) is 6.91. The third kappa shape index (κ3) is 2.76. The minimum Gasteiger partial charge on any atom is -0.508 e. The number of Topliss-reactive ketones (excluding diaryl/α,β-unsaturated/α-hetero) is 1. The number of ketones is 1. The zero-order chi connectivity index (χ0) is 17.7. The molecule has 0 unspecified atom stereocenters. The van der Waals surface area contributed by atoms with Gasteiger partial charge in [0.2, 0.25) is 0 Å². The van der Waals surface area contributed by atoms with Crippen molar-refractivity contribution in [2.24, 2.45) is 5.92 Å². The molecule has 25 heavy (non-hydrogen) atoms. The van der Waals surface area contributed by atoms with E-state index in [2.05, 4.69) is 5.32 Å². The molecule has 2 aromatic rings. The number of benzene rings is 2. The number of phenols is 1. The van der Waals surface area contributed by atoms with E-state index in [1.165, 1.54) is 0 Å². The highest BCUT2D eigenvalue weighted by molar-refractivity contribution is 6.36. The molecule has 2 N–H and O–H groups in total. The van der Waals surface area contributed by atoms with Crippen LogP contribution >= 0.6 is 0 Å². The molecule has 1 fully saturated rings. The molecule has 0 bridgehead atoms. The van der Waals surface area contributed by atoms with Crippen LogP contribution in [-0.2, 0) is 4.79 Å². The minimum absolute atomic E-state index is 0.151. The van der Waals surface area contributed by atoms with Gasteiger partial charge < -0.3 is 10.4 Å². The molecule has 124 valence electrons. The minimum atomic E-state index is -0.172. The fraction of sp³-hybridized carbons (Fsp3) is 0.200. The number of amides is 1. The molecule has 2 aromatic carbocycles. The van der Waals surface area contributed by atoms with Crippen LogP contribution in [0.15, 0.2) is 30.3 Å². The van der Waals surface area contributed by atoms with Crippen molar-refractivity contribution in [2.75, 3.05) is 5.32 Å². The Kier molecular flexibility index (Phi) is 3.53. The lowest BCUT2D eigenvalue weighted by Crippen LogP contribution is -2.06. The van der Waals surface area contributed by atoms with Crippen LogP contribution in [0.4, 0.5) is 5.69 Å². The Morgan fingerprint density at radius 3 is 2.72 bits per heavy atom. The van der Waals surface area contributed by atoms with E-state index >= 15 is 0 Å². The summed E-state index contributed by atoms with van der Waals surface area (Å²) in [5.41, 5.74) is 5.10. The average molecular weight is 331 g/mol. The molecule has 5 heteroatoms. The Morgan fingerprint density at radius 2 is 2.04 bits per heavy atom. The van der Waals surface area contributed by atoms with Gasteiger partial charge in [-0.3, -0.25) is 9.59 Å². The van der Waals surface area contributed by atoms with E-state index in [4.69, 9.17) is 0 Å². The van der Waals surface area contributed by atoms with Crippen molar-refractivity contribution in [1.82, 2.24) is 0 Å². The summed E-state index contributed by atoms with van der Waals surface area (Å²) in [4.78, 5) is 24.7. The van der Waals surface area contributed by atoms with E-state index in [0.29, 0.717) is 11.1 Å². The van der Waals surface area contributed by atoms with Gasteiger partial charge in [-0.2, -0.15) is 0 Å². The zero-order valence-corrected chi connectivity index (χ0v) is 14.2. The predicted molar refractivity (Wildman–Crippen MR) is 101 cm³/mol. The van der Waals surface area contributed by atoms with Gasteiger partial charge in [0.25, 0.3) is 5.91 Å². The Bertz CT molecular complexity index is 934. The molecule has 0 atom stereocenters. The Hall–Kier alpha value is -2.82. The number of hydrogen-bond donors (Lipinski definition) is 2. The molecule has 4 nitrogen and oxygen atoms in total. The molecule has 4 rings (SSSR count). The summed E-state index contributed by atoms with van der Waals surface area (Å²) in [6.45, 7) is 1.83. The van der Waals surface area contributed by atoms with Gasteiger partial charge in [-0.25, -0.2) is 0 Å². The summed E-state index contributed by atoms with van der Waals surface area (Å²) in [5.74, 6) is 0.418. The van der Waals surface area contributed by atoms with E-state index in [1.54, 1.807) is 12.1 Å². The van der Waals surface area contributed by atoms with Crippen molar-refractivity contribution in [3.05, 3.63) is 52.6 Å². The number of fused-ring (bicyclic) bond motifs is 1. The first-order valence-corrected chi connectivity index (χ1v) is 8.46. The van der Waals surface area contributed by atoms with Crippen LogP contribution in [0.5, 0.6) is 5.75 Å². The molecule has 1 aliphatic heterocycles. The predicted octanol–water partition coefficient (Wildman–Crippen LogP) is 2.04. The number of rotatable bonds is 3. The highest BCUT2D eigenvalue weighted by Crippen LogP contribution is 2.37. The summed E-state index contributed by atoms with van der Waals surface area (Å²) in [6, 6.07) is 9.11. The number of phenolic OH excluding ortho intramolecular Hbond substituents is 1. The number of nitrogens with one attached hydrogen (secondary N) is 1. The van der Waals surface area contributed by atoms with Crippen LogP contribution in [0.2, 0.25) is 0 Å². The standard InChI is InChI=1S/C20H18BNO3/c1-10-6-11(8-16(21)18(10)23)7-15-14-9-13(19(24)12-2-3-12)4-5-17(14)22-20(15)25/h4-9,12,23H,2-3,21H2,1H3,(H,22,25)/b15-7-. The van der Waals surface area contributed by atoms with Crippen LogP contribution < -0.4 is 10.8 Å². The maximum absolute atomic E-state index is 12.4. The van der Waals surface area contributed by atoms with Gasteiger partial charge in [0.15, 0.2) is 5.78 Å². The molecular formula is C20H18BNO3. The van der Waals surface area contributed by atoms with E-state index in [-0.39, 0.29) is 23.4 Å². The van der Waals surface area contributed by atoms with E-state index < -0.39 is 0 Å². The van der Waals surface area contributed by atoms with Crippen molar-refractivity contribution in [2.45, 2.75) is 19.8 Å². The fourth-order valence-corrected chi connectivity index (χ4v) is 3.31. The molecule has 1 aliphatic carbocycles. The van der Waals surface area contributed by atoms with Crippen molar-refractivity contribution < 1.29 is 14.7 Å². The Balaban J connectivity index is 1.78. The third-order valence-electron chi connectivity index (χ3n) is 4.86. The molecule has 1 heterocycles. The van der Waals surface area contributed by atoms with Gasteiger partial charge in [0.1, 0.15) is 13.6 Å². The Labute approximate surface area is 147 Å². The normalized spacial score (nSPS) is 17.5. The summed E-state index contributed by atoms with van der Waals surface area (Å²) >= 11 is 0. The molecule has 1 saturated carbocycles. The van der Waals surface area contributed by atoms with Crippen LogP contribution in [0.3, 0.4) is 0 Å². The van der Waals surface area contributed by atoms with Crippen LogP contribution in [-0.4, -0.2) is 24.6 Å². The lowest BCUT2D eigenvalue weighted by atomic mass is 9.90. The molecule has 0 saturated heterocycles. The maximum Gasteiger partial charge on any atom is 0.256 e. The van der Waals surface area contributed by atoms with Crippen molar-refractivity contribution >= 4 is 42.3 Å². The maximum atomic E-state index is 12.4. The second kappa shape index (κ2) is 5.62. The number of anilines is 1. The summed E-state index contributed by atoms with van der Waals surface area (Å²) in [6.07, 6.45) is 3.73. The van der Waals surface area contributed by atoms with Gasteiger partial charge in [-0.15, -0.1) is 0 Å². The number of hydrogen-bond acceptors (Lipinski definition) is 3. The van der Waals surface area contributed by atoms with Gasteiger partial charge in [0.05, 0.1) is 0 Å². The first-order chi connectivity index (χ1) is 11.9. The number of aromatic hydroxyl groups is 1. The quantitative estimate of drug-likeness (QED) is 0.514. The summed E-state index contributed by atoms with van der Waals surface area (Å²) in [7, 11) is 1.83. The van der Waals surface area contributed by atoms with Crippen LogP contribution in [0, 0.1) is 12.8 Å². The molecule has 0 aromatic heterocycles. The highest BCUT2D eigenvalue weighted by atomic mass is 16.3.